The highest BCUT2D eigenvalue weighted by Gasteiger charge is 2.35. The lowest BCUT2D eigenvalue weighted by Crippen LogP contribution is -2.23. The second kappa shape index (κ2) is 6.13. The summed E-state index contributed by atoms with van der Waals surface area (Å²) in [6.45, 7) is 6.04. The molecule has 2 heteroatoms. The fourth-order valence-electron chi connectivity index (χ4n) is 2.21. The topological polar surface area (TPSA) is 0 Å². The van der Waals surface area contributed by atoms with Gasteiger partial charge in [-0.05, 0) is 31.2 Å². The monoisotopic (exact) mass is 240 g/mol. The number of halogens is 2. The van der Waals surface area contributed by atoms with Crippen molar-refractivity contribution in [2.24, 2.45) is 0 Å². The van der Waals surface area contributed by atoms with Gasteiger partial charge >= 0.3 is 0 Å². The van der Waals surface area contributed by atoms with E-state index in [-0.39, 0.29) is 12.8 Å². The van der Waals surface area contributed by atoms with Gasteiger partial charge in [-0.3, -0.25) is 0 Å². The van der Waals surface area contributed by atoms with Gasteiger partial charge in [0.25, 0.3) is 0 Å². The number of hydrogen-bond donors (Lipinski definition) is 0. The third-order valence-corrected chi connectivity index (χ3v) is 3.27. The Morgan fingerprint density at radius 1 is 1.00 bits per heavy atom. The minimum Gasteiger partial charge on any atom is -0.207 e. The summed E-state index contributed by atoms with van der Waals surface area (Å²) in [5, 5.41) is 0. The zero-order valence-corrected chi connectivity index (χ0v) is 11.0. The van der Waals surface area contributed by atoms with E-state index in [1.807, 2.05) is 20.8 Å². The normalized spacial score (nSPS) is 19.4. The van der Waals surface area contributed by atoms with E-state index in [9.17, 15) is 8.78 Å². The number of benzene rings is 1. The summed E-state index contributed by atoms with van der Waals surface area (Å²) in [5.74, 6) is -2.08. The molecule has 1 aromatic carbocycles. The average molecular weight is 240 g/mol. The van der Waals surface area contributed by atoms with Gasteiger partial charge in [-0.15, -0.1) is 0 Å². The first kappa shape index (κ1) is 14.1. The van der Waals surface area contributed by atoms with Gasteiger partial charge in [-0.1, -0.05) is 43.7 Å². The predicted octanol–water partition coefficient (Wildman–Crippen LogP) is 5.31. The van der Waals surface area contributed by atoms with E-state index in [0.717, 1.165) is 0 Å². The molecule has 0 nitrogen and oxygen atoms in total. The lowest BCUT2D eigenvalue weighted by Gasteiger charge is -2.28. The van der Waals surface area contributed by atoms with E-state index in [0.29, 0.717) is 18.8 Å². The molecule has 1 aromatic rings. The molecule has 0 unspecified atom stereocenters. The van der Waals surface area contributed by atoms with Crippen molar-refractivity contribution >= 4 is 0 Å². The van der Waals surface area contributed by atoms with Gasteiger partial charge in [0.2, 0.25) is 5.92 Å². The number of alkyl halides is 2. The van der Waals surface area contributed by atoms with Crippen LogP contribution in [0.25, 0.3) is 0 Å². The van der Waals surface area contributed by atoms with Crippen LogP contribution in [0.3, 0.4) is 0 Å². The van der Waals surface area contributed by atoms with Crippen molar-refractivity contribution in [2.75, 3.05) is 0 Å². The van der Waals surface area contributed by atoms with Crippen LogP contribution in [0.1, 0.15) is 56.6 Å². The van der Waals surface area contributed by atoms with Gasteiger partial charge in [0.05, 0.1) is 0 Å². The summed E-state index contributed by atoms with van der Waals surface area (Å²) >= 11 is 0. The van der Waals surface area contributed by atoms with Crippen LogP contribution in [0.5, 0.6) is 0 Å². The Hall–Kier alpha value is -0.920. The van der Waals surface area contributed by atoms with Crippen LogP contribution in [-0.2, 0) is 0 Å². The van der Waals surface area contributed by atoms with Crippen molar-refractivity contribution in [1.82, 2.24) is 0 Å². The molecule has 0 aliphatic heterocycles. The summed E-state index contributed by atoms with van der Waals surface area (Å²) in [6.07, 6.45) is 1.34. The zero-order chi connectivity index (χ0) is 12.9. The van der Waals surface area contributed by atoms with Gasteiger partial charge in [0.15, 0.2) is 0 Å². The van der Waals surface area contributed by atoms with Crippen molar-refractivity contribution in [3.63, 3.8) is 0 Å². The van der Waals surface area contributed by atoms with E-state index < -0.39 is 5.92 Å². The molecule has 0 aromatic heterocycles. The van der Waals surface area contributed by atoms with Crippen LogP contribution in [-0.4, -0.2) is 5.92 Å². The van der Waals surface area contributed by atoms with E-state index in [1.165, 1.54) is 11.1 Å². The molecule has 0 amide bonds. The maximum absolute atomic E-state index is 13.0. The van der Waals surface area contributed by atoms with Crippen molar-refractivity contribution < 1.29 is 8.78 Å². The molecule has 1 saturated carbocycles. The molecule has 17 heavy (non-hydrogen) atoms. The maximum atomic E-state index is 13.0. The summed E-state index contributed by atoms with van der Waals surface area (Å²) in [7, 11) is 0. The second-order valence-electron chi connectivity index (χ2n) is 4.54. The van der Waals surface area contributed by atoms with Gasteiger partial charge in [-0.2, -0.15) is 0 Å². The third kappa shape index (κ3) is 4.10. The van der Waals surface area contributed by atoms with Gasteiger partial charge in [-0.25, -0.2) is 8.78 Å². The van der Waals surface area contributed by atoms with E-state index >= 15 is 0 Å². The SMILES string of the molecule is CC.Cc1ccc(C2CCC(F)(F)CC2)cc1. The van der Waals surface area contributed by atoms with Crippen molar-refractivity contribution in [3.8, 4) is 0 Å². The Labute approximate surface area is 103 Å². The fraction of sp³-hybridized carbons (Fsp3) is 0.600. The molecule has 1 aliphatic rings. The van der Waals surface area contributed by atoms with Gasteiger partial charge < -0.3 is 0 Å². The lowest BCUT2D eigenvalue weighted by atomic mass is 9.82. The molecule has 0 N–H and O–H groups in total. The molecular formula is C15H22F2. The van der Waals surface area contributed by atoms with Crippen LogP contribution < -0.4 is 0 Å². The smallest absolute Gasteiger partial charge is 0.207 e. The van der Waals surface area contributed by atoms with Crippen molar-refractivity contribution in [1.29, 1.82) is 0 Å². The molecule has 0 spiro atoms. The molecule has 0 saturated heterocycles. The predicted molar refractivity (Wildman–Crippen MR) is 68.7 cm³/mol. The number of aryl methyl sites for hydroxylation is 1. The summed E-state index contributed by atoms with van der Waals surface area (Å²) in [5.41, 5.74) is 2.44. The molecule has 0 bridgehead atoms. The number of hydrogen-bond acceptors (Lipinski definition) is 0. The lowest BCUT2D eigenvalue weighted by molar-refractivity contribution is -0.0382. The Morgan fingerprint density at radius 3 is 1.94 bits per heavy atom. The molecule has 1 fully saturated rings. The first-order valence-electron chi connectivity index (χ1n) is 6.51. The van der Waals surface area contributed by atoms with Crippen molar-refractivity contribution in [3.05, 3.63) is 35.4 Å². The van der Waals surface area contributed by atoms with Crippen LogP contribution in [0.2, 0.25) is 0 Å². The Bertz CT molecular complexity index is 317. The van der Waals surface area contributed by atoms with E-state index in [1.54, 1.807) is 0 Å². The van der Waals surface area contributed by atoms with E-state index in [4.69, 9.17) is 0 Å². The average Bonchev–Trinajstić information content (AvgIpc) is 2.33. The van der Waals surface area contributed by atoms with Gasteiger partial charge in [0, 0.05) is 12.8 Å². The molecule has 0 radical (unpaired) electrons. The molecule has 2 rings (SSSR count). The highest BCUT2D eigenvalue weighted by molar-refractivity contribution is 5.24. The van der Waals surface area contributed by atoms with E-state index in [2.05, 4.69) is 24.3 Å². The standard InChI is InChI=1S/C13H16F2.C2H6/c1-10-2-4-11(5-3-10)12-6-8-13(14,15)9-7-12;1-2/h2-5,12H,6-9H2,1H3;1-2H3. The first-order chi connectivity index (χ1) is 8.07. The Balaban J connectivity index is 0.000000686. The van der Waals surface area contributed by atoms with Crippen LogP contribution in [0.15, 0.2) is 24.3 Å². The van der Waals surface area contributed by atoms with Crippen LogP contribution in [0.4, 0.5) is 8.78 Å². The maximum Gasteiger partial charge on any atom is 0.248 e. The van der Waals surface area contributed by atoms with Crippen LogP contribution >= 0.6 is 0 Å². The highest BCUT2D eigenvalue weighted by atomic mass is 19.3. The summed E-state index contributed by atoms with van der Waals surface area (Å²) in [4.78, 5) is 0. The largest absolute Gasteiger partial charge is 0.248 e. The second-order valence-corrected chi connectivity index (χ2v) is 4.54. The summed E-state index contributed by atoms with van der Waals surface area (Å²) < 4.78 is 25.9. The molecule has 96 valence electrons. The minimum atomic E-state index is -2.42. The molecule has 0 heterocycles. The van der Waals surface area contributed by atoms with Crippen molar-refractivity contribution in [2.45, 2.75) is 58.3 Å². The Kier molecular flexibility index (Phi) is 5.10. The molecule has 0 atom stereocenters. The van der Waals surface area contributed by atoms with Crippen LogP contribution in [0, 0.1) is 6.92 Å². The van der Waals surface area contributed by atoms with Gasteiger partial charge in [0.1, 0.15) is 0 Å². The molecule has 1 aliphatic carbocycles. The molecular weight excluding hydrogens is 218 g/mol. The fourth-order valence-corrected chi connectivity index (χ4v) is 2.21. The summed E-state index contributed by atoms with van der Waals surface area (Å²) in [6, 6.07) is 8.26. The quantitative estimate of drug-likeness (QED) is 0.623. The third-order valence-electron chi connectivity index (χ3n) is 3.27. The number of rotatable bonds is 1. The highest BCUT2D eigenvalue weighted by Crippen LogP contribution is 2.40. The first-order valence-corrected chi connectivity index (χ1v) is 6.51. The Morgan fingerprint density at radius 2 is 1.47 bits per heavy atom. The minimum absolute atomic E-state index is 0.0472. The zero-order valence-electron chi connectivity index (χ0n) is 11.0.